The van der Waals surface area contributed by atoms with Crippen molar-refractivity contribution in [1.82, 2.24) is 10.4 Å². The molecule has 0 unspecified atom stereocenters. The van der Waals surface area contributed by atoms with Crippen LogP contribution in [0.4, 0.5) is 0 Å². The van der Waals surface area contributed by atoms with Gasteiger partial charge in [-0.3, -0.25) is 15.0 Å². The third-order valence-corrected chi connectivity index (χ3v) is 6.66. The van der Waals surface area contributed by atoms with Crippen molar-refractivity contribution in [2.24, 2.45) is 0 Å². The average Bonchev–Trinajstić information content (AvgIpc) is 3.10. The molecule has 2 amide bonds. The van der Waals surface area contributed by atoms with E-state index >= 15 is 0 Å². The molecule has 1 fully saturated rings. The molecule has 0 atom stereocenters. The van der Waals surface area contributed by atoms with Gasteiger partial charge in [-0.25, -0.2) is 0 Å². The Labute approximate surface area is 213 Å². The molecule has 3 aromatic carbocycles. The Kier molecular flexibility index (Phi) is 7.53. The van der Waals surface area contributed by atoms with Crippen LogP contribution >= 0.6 is 24.0 Å². The van der Waals surface area contributed by atoms with Gasteiger partial charge in [0.25, 0.3) is 11.8 Å². The standard InChI is InChI=1S/C27H24N2O4S2/c1-17-7-6-9-20(13-17)16-33-22-12-11-19(14-23(22)32-3)15-24-26(31)29(27(34)35-24)28-25(30)21-10-5-4-8-18(21)2/h4-15H,16H2,1-3H3,(H,28,30)/b24-15+. The number of carbonyl (C=O) groups is 2. The quantitative estimate of drug-likeness (QED) is 0.342. The summed E-state index contributed by atoms with van der Waals surface area (Å²) in [5, 5.41) is 1.11. The van der Waals surface area contributed by atoms with E-state index in [0.29, 0.717) is 28.6 Å². The number of thioether (sulfide) groups is 1. The first-order chi connectivity index (χ1) is 16.9. The molecular weight excluding hydrogens is 480 g/mol. The predicted octanol–water partition coefficient (Wildman–Crippen LogP) is 5.44. The molecule has 35 heavy (non-hydrogen) atoms. The van der Waals surface area contributed by atoms with Gasteiger partial charge in [-0.2, -0.15) is 5.01 Å². The Bertz CT molecular complexity index is 1340. The van der Waals surface area contributed by atoms with Crippen LogP contribution in [0.5, 0.6) is 11.5 Å². The maximum absolute atomic E-state index is 13.0. The lowest BCUT2D eigenvalue weighted by Crippen LogP contribution is -2.45. The van der Waals surface area contributed by atoms with Crippen LogP contribution in [0, 0.1) is 13.8 Å². The fourth-order valence-corrected chi connectivity index (χ4v) is 4.74. The van der Waals surface area contributed by atoms with E-state index in [0.717, 1.165) is 33.5 Å². The van der Waals surface area contributed by atoms with Crippen molar-refractivity contribution in [3.63, 3.8) is 0 Å². The lowest BCUT2D eigenvalue weighted by atomic mass is 10.1. The highest BCUT2D eigenvalue weighted by atomic mass is 32.2. The summed E-state index contributed by atoms with van der Waals surface area (Å²) >= 11 is 6.47. The second-order valence-corrected chi connectivity index (χ2v) is 9.64. The van der Waals surface area contributed by atoms with Gasteiger partial charge in [-0.05, 0) is 67.0 Å². The van der Waals surface area contributed by atoms with E-state index < -0.39 is 5.91 Å². The molecule has 0 aromatic heterocycles. The molecule has 0 radical (unpaired) electrons. The molecule has 0 aliphatic carbocycles. The number of nitrogens with zero attached hydrogens (tertiary/aromatic N) is 1. The minimum absolute atomic E-state index is 0.258. The van der Waals surface area contributed by atoms with E-state index in [1.165, 1.54) is 5.56 Å². The monoisotopic (exact) mass is 504 g/mol. The molecule has 0 spiro atoms. The van der Waals surface area contributed by atoms with Crippen LogP contribution in [-0.4, -0.2) is 28.3 Å². The van der Waals surface area contributed by atoms with E-state index in [1.807, 2.05) is 50.2 Å². The molecular formula is C27H24N2O4S2. The normalized spacial score (nSPS) is 14.4. The Morgan fingerprint density at radius 2 is 1.86 bits per heavy atom. The van der Waals surface area contributed by atoms with Gasteiger partial charge in [0.05, 0.1) is 12.0 Å². The Hall–Kier alpha value is -3.62. The smallest absolute Gasteiger partial charge is 0.285 e. The van der Waals surface area contributed by atoms with Crippen LogP contribution in [0.1, 0.15) is 32.6 Å². The van der Waals surface area contributed by atoms with Crippen molar-refractivity contribution in [3.05, 3.63) is 99.5 Å². The van der Waals surface area contributed by atoms with Crippen molar-refractivity contribution in [3.8, 4) is 11.5 Å². The second kappa shape index (κ2) is 10.8. The number of nitrogens with one attached hydrogen (secondary N) is 1. The number of rotatable bonds is 7. The van der Waals surface area contributed by atoms with E-state index in [9.17, 15) is 9.59 Å². The highest BCUT2D eigenvalue weighted by Crippen LogP contribution is 2.34. The summed E-state index contributed by atoms with van der Waals surface area (Å²) in [4.78, 5) is 26.0. The number of carbonyl (C=O) groups excluding carboxylic acids is 2. The maximum Gasteiger partial charge on any atom is 0.285 e. The molecule has 178 valence electrons. The van der Waals surface area contributed by atoms with Gasteiger partial charge >= 0.3 is 0 Å². The average molecular weight is 505 g/mol. The van der Waals surface area contributed by atoms with Crippen LogP contribution in [0.25, 0.3) is 6.08 Å². The molecule has 1 heterocycles. The molecule has 1 saturated heterocycles. The highest BCUT2D eigenvalue weighted by molar-refractivity contribution is 8.26. The van der Waals surface area contributed by atoms with Crippen LogP contribution in [0.2, 0.25) is 0 Å². The fourth-order valence-electron chi connectivity index (χ4n) is 3.56. The van der Waals surface area contributed by atoms with Crippen LogP contribution < -0.4 is 14.9 Å². The summed E-state index contributed by atoms with van der Waals surface area (Å²) in [6.07, 6.45) is 1.71. The first-order valence-corrected chi connectivity index (χ1v) is 12.1. The molecule has 1 aliphatic rings. The molecule has 1 N–H and O–H groups in total. The summed E-state index contributed by atoms with van der Waals surface area (Å²) in [5.41, 5.74) is 6.88. The van der Waals surface area contributed by atoms with Gasteiger partial charge in [0.15, 0.2) is 15.8 Å². The summed E-state index contributed by atoms with van der Waals surface area (Å²) in [6, 6.07) is 20.7. The summed E-state index contributed by atoms with van der Waals surface area (Å²) in [6.45, 7) is 4.28. The number of aryl methyl sites for hydroxylation is 2. The first-order valence-electron chi connectivity index (χ1n) is 10.9. The third-order valence-electron chi connectivity index (χ3n) is 5.36. The van der Waals surface area contributed by atoms with Crippen molar-refractivity contribution >= 4 is 46.2 Å². The largest absolute Gasteiger partial charge is 0.493 e. The molecule has 4 rings (SSSR count). The Balaban J connectivity index is 1.48. The van der Waals surface area contributed by atoms with Gasteiger partial charge in [-0.15, -0.1) is 0 Å². The molecule has 8 heteroatoms. The van der Waals surface area contributed by atoms with Gasteiger partial charge in [0, 0.05) is 5.56 Å². The number of hydrazine groups is 1. The fraction of sp³-hybridized carbons (Fsp3) is 0.148. The Morgan fingerprint density at radius 3 is 2.60 bits per heavy atom. The van der Waals surface area contributed by atoms with E-state index in [4.69, 9.17) is 21.7 Å². The van der Waals surface area contributed by atoms with Crippen LogP contribution in [0.3, 0.4) is 0 Å². The van der Waals surface area contributed by atoms with Gasteiger partial charge in [0.2, 0.25) is 0 Å². The predicted molar refractivity (Wildman–Crippen MR) is 142 cm³/mol. The Morgan fingerprint density at radius 1 is 1.06 bits per heavy atom. The van der Waals surface area contributed by atoms with Gasteiger partial charge < -0.3 is 9.47 Å². The number of hydrogen-bond donors (Lipinski definition) is 1. The topological polar surface area (TPSA) is 67.9 Å². The molecule has 0 saturated carbocycles. The van der Waals surface area contributed by atoms with Crippen molar-refractivity contribution < 1.29 is 19.1 Å². The van der Waals surface area contributed by atoms with Crippen molar-refractivity contribution in [2.45, 2.75) is 20.5 Å². The zero-order valence-corrected chi connectivity index (χ0v) is 21.2. The van der Waals surface area contributed by atoms with Gasteiger partial charge in [-0.1, -0.05) is 65.9 Å². The highest BCUT2D eigenvalue weighted by Gasteiger charge is 2.34. The number of ether oxygens (including phenoxy) is 2. The minimum atomic E-state index is -0.391. The number of hydrogen-bond acceptors (Lipinski definition) is 6. The van der Waals surface area contributed by atoms with Gasteiger partial charge in [0.1, 0.15) is 6.61 Å². The zero-order valence-electron chi connectivity index (χ0n) is 19.5. The van der Waals surface area contributed by atoms with E-state index in [1.54, 1.807) is 37.5 Å². The summed E-state index contributed by atoms with van der Waals surface area (Å²) in [5.74, 6) is 0.372. The third kappa shape index (κ3) is 5.72. The second-order valence-electron chi connectivity index (χ2n) is 7.96. The van der Waals surface area contributed by atoms with Crippen LogP contribution in [0.15, 0.2) is 71.6 Å². The number of amides is 2. The number of methoxy groups -OCH3 is 1. The zero-order chi connectivity index (χ0) is 24.9. The summed E-state index contributed by atoms with van der Waals surface area (Å²) in [7, 11) is 1.57. The molecule has 0 bridgehead atoms. The maximum atomic E-state index is 13.0. The number of thiocarbonyl (C=S) groups is 1. The summed E-state index contributed by atoms with van der Waals surface area (Å²) < 4.78 is 11.7. The molecule has 3 aromatic rings. The SMILES string of the molecule is COc1cc(/C=C2/SC(=S)N(NC(=O)c3ccccc3C)C2=O)ccc1OCc1cccc(C)c1. The molecule has 6 nitrogen and oxygen atoms in total. The number of benzene rings is 3. The lowest BCUT2D eigenvalue weighted by molar-refractivity contribution is -0.123. The molecule has 1 aliphatic heterocycles. The van der Waals surface area contributed by atoms with Crippen LogP contribution in [-0.2, 0) is 11.4 Å². The van der Waals surface area contributed by atoms with E-state index in [-0.39, 0.29) is 10.2 Å². The first kappa shape index (κ1) is 24.5. The van der Waals surface area contributed by atoms with Crippen molar-refractivity contribution in [1.29, 1.82) is 0 Å². The van der Waals surface area contributed by atoms with E-state index in [2.05, 4.69) is 11.5 Å². The lowest BCUT2D eigenvalue weighted by Gasteiger charge is -2.16. The minimum Gasteiger partial charge on any atom is -0.493 e. The van der Waals surface area contributed by atoms with Crippen molar-refractivity contribution in [2.75, 3.05) is 7.11 Å².